The molecule has 0 saturated carbocycles. The molecule has 5 nitrogen and oxygen atoms in total. The fraction of sp³-hybridized carbons (Fsp3) is 0.333. The van der Waals surface area contributed by atoms with Gasteiger partial charge in [0.05, 0.1) is 12.3 Å². The van der Waals surface area contributed by atoms with Gasteiger partial charge in [-0.15, -0.1) is 11.3 Å². The summed E-state index contributed by atoms with van der Waals surface area (Å²) in [6.07, 6.45) is 5.67. The zero-order valence-corrected chi connectivity index (χ0v) is 16.2. The quantitative estimate of drug-likeness (QED) is 0.637. The fourth-order valence-electron chi connectivity index (χ4n) is 3.49. The van der Waals surface area contributed by atoms with E-state index in [0.717, 1.165) is 28.8 Å². The molecule has 0 bridgehead atoms. The SMILES string of the molecule is CCOc1ccc(NC(=O)c2sc3nc4c(cc3c2N)CCCCC4)cc1. The van der Waals surface area contributed by atoms with Gasteiger partial charge in [0, 0.05) is 16.8 Å². The Balaban J connectivity index is 1.61. The fourth-order valence-corrected chi connectivity index (χ4v) is 4.49. The van der Waals surface area contributed by atoms with Crippen molar-refractivity contribution < 1.29 is 9.53 Å². The summed E-state index contributed by atoms with van der Waals surface area (Å²) >= 11 is 1.37. The van der Waals surface area contributed by atoms with Gasteiger partial charge in [-0.25, -0.2) is 4.98 Å². The van der Waals surface area contributed by atoms with Crippen LogP contribution in [0, 0.1) is 0 Å². The third-order valence-corrected chi connectivity index (χ3v) is 5.99. The highest BCUT2D eigenvalue weighted by Gasteiger charge is 2.20. The number of hydrogen-bond acceptors (Lipinski definition) is 5. The number of ether oxygens (including phenoxy) is 1. The molecule has 0 unspecified atom stereocenters. The number of anilines is 2. The number of pyridine rings is 1. The predicted molar refractivity (Wildman–Crippen MR) is 111 cm³/mol. The van der Waals surface area contributed by atoms with Gasteiger partial charge < -0.3 is 15.8 Å². The topological polar surface area (TPSA) is 77.2 Å². The van der Waals surface area contributed by atoms with Gasteiger partial charge in [0.2, 0.25) is 0 Å². The number of aryl methyl sites for hydroxylation is 2. The highest BCUT2D eigenvalue weighted by Crippen LogP contribution is 2.35. The number of hydrogen-bond donors (Lipinski definition) is 2. The number of fused-ring (bicyclic) bond motifs is 2. The van der Waals surface area contributed by atoms with Crippen LogP contribution in [-0.4, -0.2) is 17.5 Å². The van der Waals surface area contributed by atoms with E-state index >= 15 is 0 Å². The number of nitrogens with one attached hydrogen (secondary N) is 1. The average molecular weight is 382 g/mol. The van der Waals surface area contributed by atoms with Crippen LogP contribution in [0.3, 0.4) is 0 Å². The third-order valence-electron chi connectivity index (χ3n) is 4.88. The average Bonchev–Trinajstić information content (AvgIpc) is 2.84. The molecule has 3 N–H and O–H groups in total. The third kappa shape index (κ3) is 3.62. The summed E-state index contributed by atoms with van der Waals surface area (Å²) in [6, 6.07) is 9.47. The Morgan fingerprint density at radius 2 is 2.00 bits per heavy atom. The second-order valence-electron chi connectivity index (χ2n) is 6.76. The Bertz CT molecular complexity index is 979. The first kappa shape index (κ1) is 17.8. The number of carbonyl (C=O) groups excluding carboxylic acids is 1. The molecule has 1 amide bonds. The maximum absolute atomic E-state index is 12.8. The van der Waals surface area contributed by atoms with Gasteiger partial charge in [0.25, 0.3) is 5.91 Å². The molecule has 6 heteroatoms. The Labute approximate surface area is 162 Å². The minimum atomic E-state index is -0.199. The molecule has 1 aromatic carbocycles. The lowest BCUT2D eigenvalue weighted by Crippen LogP contribution is -2.11. The Hall–Kier alpha value is -2.60. The van der Waals surface area contributed by atoms with Crippen LogP contribution in [0.1, 0.15) is 47.1 Å². The van der Waals surface area contributed by atoms with E-state index in [-0.39, 0.29) is 5.91 Å². The minimum absolute atomic E-state index is 0.199. The molecule has 4 rings (SSSR count). The van der Waals surface area contributed by atoms with E-state index in [0.29, 0.717) is 22.9 Å². The summed E-state index contributed by atoms with van der Waals surface area (Å²) in [4.78, 5) is 18.9. The lowest BCUT2D eigenvalue weighted by atomic mass is 10.1. The number of rotatable bonds is 4. The van der Waals surface area contributed by atoms with E-state index in [2.05, 4.69) is 11.4 Å². The first-order chi connectivity index (χ1) is 13.2. The van der Waals surface area contributed by atoms with Crippen molar-refractivity contribution >= 4 is 38.8 Å². The molecule has 2 aromatic heterocycles. The molecule has 0 aliphatic heterocycles. The van der Waals surface area contributed by atoms with Crippen LogP contribution in [0.15, 0.2) is 30.3 Å². The summed E-state index contributed by atoms with van der Waals surface area (Å²) in [5.74, 6) is 0.581. The van der Waals surface area contributed by atoms with E-state index in [4.69, 9.17) is 15.5 Å². The molecule has 0 atom stereocenters. The molecule has 27 heavy (non-hydrogen) atoms. The second-order valence-corrected chi connectivity index (χ2v) is 7.76. The maximum Gasteiger partial charge on any atom is 0.267 e. The van der Waals surface area contributed by atoms with Gasteiger partial charge in [-0.1, -0.05) is 6.42 Å². The van der Waals surface area contributed by atoms with Crippen molar-refractivity contribution in [2.75, 3.05) is 17.7 Å². The van der Waals surface area contributed by atoms with Gasteiger partial charge in [-0.05, 0) is 68.5 Å². The molecular weight excluding hydrogens is 358 g/mol. The summed E-state index contributed by atoms with van der Waals surface area (Å²) < 4.78 is 5.43. The summed E-state index contributed by atoms with van der Waals surface area (Å²) in [7, 11) is 0. The number of amides is 1. The Morgan fingerprint density at radius 1 is 1.22 bits per heavy atom. The standard InChI is InChI=1S/C21H23N3O2S/c1-2-26-15-10-8-14(9-11-15)23-20(25)19-18(22)16-12-13-6-4-3-5-7-17(13)24-21(16)27-19/h8-12H,2-7,22H2,1H3,(H,23,25). The number of nitrogens with two attached hydrogens (primary N) is 1. The molecule has 1 aliphatic carbocycles. The van der Waals surface area contributed by atoms with E-state index in [1.165, 1.54) is 41.9 Å². The molecule has 0 spiro atoms. The maximum atomic E-state index is 12.8. The van der Waals surface area contributed by atoms with E-state index < -0.39 is 0 Å². The van der Waals surface area contributed by atoms with Crippen molar-refractivity contribution in [1.82, 2.24) is 4.98 Å². The van der Waals surface area contributed by atoms with E-state index in [1.54, 1.807) is 0 Å². The molecular formula is C21H23N3O2S. The molecule has 0 fully saturated rings. The van der Waals surface area contributed by atoms with Crippen LogP contribution in [0.5, 0.6) is 5.75 Å². The van der Waals surface area contributed by atoms with Crippen molar-refractivity contribution in [2.24, 2.45) is 0 Å². The zero-order chi connectivity index (χ0) is 18.8. The highest BCUT2D eigenvalue weighted by molar-refractivity contribution is 7.21. The van der Waals surface area contributed by atoms with Crippen LogP contribution >= 0.6 is 11.3 Å². The molecule has 0 saturated heterocycles. The number of aromatic nitrogens is 1. The van der Waals surface area contributed by atoms with Crippen LogP contribution in [0.4, 0.5) is 11.4 Å². The second kappa shape index (κ2) is 7.56. The molecule has 140 valence electrons. The highest BCUT2D eigenvalue weighted by atomic mass is 32.1. The lowest BCUT2D eigenvalue weighted by Gasteiger charge is -2.06. The van der Waals surface area contributed by atoms with Crippen molar-refractivity contribution in [2.45, 2.75) is 39.0 Å². The Morgan fingerprint density at radius 3 is 2.78 bits per heavy atom. The first-order valence-corrected chi connectivity index (χ1v) is 10.2. The zero-order valence-electron chi connectivity index (χ0n) is 15.4. The Kier molecular flexibility index (Phi) is 4.99. The monoisotopic (exact) mass is 381 g/mol. The van der Waals surface area contributed by atoms with Gasteiger partial charge >= 0.3 is 0 Å². The van der Waals surface area contributed by atoms with Crippen LogP contribution in [0.25, 0.3) is 10.2 Å². The van der Waals surface area contributed by atoms with E-state index in [1.807, 2.05) is 31.2 Å². The van der Waals surface area contributed by atoms with E-state index in [9.17, 15) is 4.79 Å². The number of benzene rings is 1. The van der Waals surface area contributed by atoms with Gasteiger partial charge in [0.15, 0.2) is 0 Å². The van der Waals surface area contributed by atoms with Crippen molar-refractivity contribution in [1.29, 1.82) is 0 Å². The van der Waals surface area contributed by atoms with Gasteiger partial charge in [-0.3, -0.25) is 4.79 Å². The first-order valence-electron chi connectivity index (χ1n) is 9.40. The predicted octanol–water partition coefficient (Wildman–Crippen LogP) is 4.80. The molecule has 2 heterocycles. The van der Waals surface area contributed by atoms with Gasteiger partial charge in [0.1, 0.15) is 15.5 Å². The molecule has 1 aliphatic rings. The minimum Gasteiger partial charge on any atom is -0.494 e. The number of thiophene rings is 1. The van der Waals surface area contributed by atoms with Crippen molar-refractivity contribution in [3.05, 3.63) is 46.5 Å². The van der Waals surface area contributed by atoms with Gasteiger partial charge in [-0.2, -0.15) is 0 Å². The smallest absolute Gasteiger partial charge is 0.267 e. The summed E-state index contributed by atoms with van der Waals surface area (Å²) in [5.41, 5.74) is 10.0. The molecule has 3 aromatic rings. The van der Waals surface area contributed by atoms with Crippen LogP contribution in [-0.2, 0) is 12.8 Å². The summed E-state index contributed by atoms with van der Waals surface area (Å²) in [5, 5.41) is 3.82. The van der Waals surface area contributed by atoms with Crippen LogP contribution in [0.2, 0.25) is 0 Å². The van der Waals surface area contributed by atoms with Crippen molar-refractivity contribution in [3.63, 3.8) is 0 Å². The van der Waals surface area contributed by atoms with Crippen LogP contribution < -0.4 is 15.8 Å². The number of nitrogen functional groups attached to an aromatic ring is 1. The number of nitrogens with zero attached hydrogens (tertiary/aromatic N) is 1. The van der Waals surface area contributed by atoms with Crippen molar-refractivity contribution in [3.8, 4) is 5.75 Å². The normalized spacial score (nSPS) is 13.8. The number of carbonyl (C=O) groups is 1. The summed E-state index contributed by atoms with van der Waals surface area (Å²) in [6.45, 7) is 2.55. The lowest BCUT2D eigenvalue weighted by molar-refractivity contribution is 0.103. The molecule has 0 radical (unpaired) electrons. The largest absolute Gasteiger partial charge is 0.494 e.